The molecule has 0 spiro atoms. The lowest BCUT2D eigenvalue weighted by atomic mass is 10.2. The Morgan fingerprint density at radius 3 is 2.82 bits per heavy atom. The first kappa shape index (κ1) is 14.7. The molecule has 1 fully saturated rings. The number of carbonyl (C=O) groups is 1. The van der Waals surface area contributed by atoms with Crippen molar-refractivity contribution in [3.8, 4) is 5.75 Å². The van der Waals surface area contributed by atoms with Gasteiger partial charge >= 0.3 is 5.69 Å². The summed E-state index contributed by atoms with van der Waals surface area (Å²) in [6.07, 6.45) is 0. The van der Waals surface area contributed by atoms with Gasteiger partial charge in [0.25, 0.3) is 5.91 Å². The summed E-state index contributed by atoms with van der Waals surface area (Å²) in [4.78, 5) is 29.0. The number of amides is 1. The van der Waals surface area contributed by atoms with Gasteiger partial charge in [-0.2, -0.15) is 0 Å². The summed E-state index contributed by atoms with van der Waals surface area (Å²) in [6, 6.07) is 3.19. The van der Waals surface area contributed by atoms with E-state index in [1.54, 1.807) is 11.0 Å². The van der Waals surface area contributed by atoms with Crippen LogP contribution in [0, 0.1) is 10.1 Å². The monoisotopic (exact) mass is 323 g/mol. The topological polar surface area (TPSA) is 94.8 Å². The molecule has 8 nitrogen and oxygen atoms in total. The fourth-order valence-corrected chi connectivity index (χ4v) is 3.23. The zero-order valence-corrected chi connectivity index (χ0v) is 12.6. The summed E-state index contributed by atoms with van der Waals surface area (Å²) in [7, 11) is 1.36. The van der Waals surface area contributed by atoms with Gasteiger partial charge in [0.2, 0.25) is 0 Å². The maximum Gasteiger partial charge on any atom is 0.337 e. The number of hydrogen-bond donors (Lipinski definition) is 0. The van der Waals surface area contributed by atoms with Gasteiger partial charge in [-0.05, 0) is 12.1 Å². The molecule has 0 aliphatic carbocycles. The van der Waals surface area contributed by atoms with Crippen molar-refractivity contribution in [1.29, 1.82) is 0 Å². The zero-order chi connectivity index (χ0) is 15.7. The number of benzene rings is 1. The Labute approximate surface area is 129 Å². The molecule has 116 valence electrons. The molecule has 22 heavy (non-hydrogen) atoms. The number of nitro benzene ring substituents is 1. The fraction of sp³-hybridized carbons (Fsp3) is 0.385. The molecule has 0 N–H and O–H groups in total. The Kier molecular flexibility index (Phi) is 3.90. The van der Waals surface area contributed by atoms with Crippen molar-refractivity contribution >= 4 is 33.1 Å². The summed E-state index contributed by atoms with van der Waals surface area (Å²) in [5.41, 5.74) is -0.0248. The highest BCUT2D eigenvalue weighted by Crippen LogP contribution is 2.37. The smallest absolute Gasteiger partial charge is 0.337 e. The van der Waals surface area contributed by atoms with E-state index in [4.69, 9.17) is 9.47 Å². The number of fused-ring (bicyclic) bond motifs is 1. The summed E-state index contributed by atoms with van der Waals surface area (Å²) < 4.78 is 10.8. The number of rotatable bonds is 3. The molecule has 1 saturated heterocycles. The molecule has 1 aliphatic rings. The van der Waals surface area contributed by atoms with E-state index in [2.05, 4.69) is 4.98 Å². The van der Waals surface area contributed by atoms with Crippen LogP contribution in [0.15, 0.2) is 12.1 Å². The second kappa shape index (κ2) is 5.85. The molecule has 0 unspecified atom stereocenters. The standard InChI is InChI=1S/C13H13N3O5S/c1-20-8-2-3-9-10(11(8)16(18)19)14-12(22-9)13(17)15-4-6-21-7-5-15/h2-3H,4-7H2,1H3. The second-order valence-electron chi connectivity index (χ2n) is 4.64. The van der Waals surface area contributed by atoms with E-state index < -0.39 is 4.92 Å². The molecule has 1 aliphatic heterocycles. The average molecular weight is 323 g/mol. The summed E-state index contributed by atoms with van der Waals surface area (Å²) in [5, 5.41) is 11.5. The third kappa shape index (κ3) is 2.48. The van der Waals surface area contributed by atoms with E-state index >= 15 is 0 Å². The van der Waals surface area contributed by atoms with Crippen molar-refractivity contribution in [1.82, 2.24) is 9.88 Å². The van der Waals surface area contributed by atoms with Crippen LogP contribution in [-0.2, 0) is 4.74 Å². The van der Waals surface area contributed by atoms with Crippen LogP contribution in [0.1, 0.15) is 9.80 Å². The number of nitro groups is 1. The zero-order valence-electron chi connectivity index (χ0n) is 11.8. The van der Waals surface area contributed by atoms with Crippen molar-refractivity contribution in [2.24, 2.45) is 0 Å². The molecule has 3 rings (SSSR count). The van der Waals surface area contributed by atoms with Gasteiger partial charge in [0.05, 0.1) is 29.9 Å². The Morgan fingerprint density at radius 2 is 2.18 bits per heavy atom. The largest absolute Gasteiger partial charge is 0.490 e. The molecule has 9 heteroatoms. The number of ether oxygens (including phenoxy) is 2. The van der Waals surface area contributed by atoms with Gasteiger partial charge in [-0.1, -0.05) is 0 Å². The number of hydrogen-bond acceptors (Lipinski definition) is 7. The Hall–Kier alpha value is -2.26. The number of thiazole rings is 1. The van der Waals surface area contributed by atoms with Gasteiger partial charge in [0.1, 0.15) is 0 Å². The van der Waals surface area contributed by atoms with Crippen LogP contribution in [0.3, 0.4) is 0 Å². The summed E-state index contributed by atoms with van der Waals surface area (Å²) in [6.45, 7) is 1.98. The first-order chi connectivity index (χ1) is 10.6. The fourth-order valence-electron chi connectivity index (χ4n) is 2.30. The first-order valence-electron chi connectivity index (χ1n) is 6.60. The van der Waals surface area contributed by atoms with Crippen LogP contribution in [0.5, 0.6) is 5.75 Å². The van der Waals surface area contributed by atoms with E-state index in [1.165, 1.54) is 13.2 Å². The maximum atomic E-state index is 12.4. The van der Waals surface area contributed by atoms with Gasteiger partial charge in [-0.3, -0.25) is 14.9 Å². The molecule has 0 saturated carbocycles. The molecule has 1 amide bonds. The predicted octanol–water partition coefficient (Wildman–Crippen LogP) is 1.69. The lowest BCUT2D eigenvalue weighted by Gasteiger charge is -2.25. The van der Waals surface area contributed by atoms with Crippen LogP contribution in [0.25, 0.3) is 10.2 Å². The Morgan fingerprint density at radius 1 is 1.45 bits per heavy atom. The van der Waals surface area contributed by atoms with Crippen molar-refractivity contribution in [2.45, 2.75) is 0 Å². The number of carbonyl (C=O) groups excluding carboxylic acids is 1. The van der Waals surface area contributed by atoms with E-state index in [9.17, 15) is 14.9 Å². The van der Waals surface area contributed by atoms with E-state index in [0.29, 0.717) is 31.0 Å². The molecular formula is C13H13N3O5S. The minimum Gasteiger partial charge on any atom is -0.490 e. The highest BCUT2D eigenvalue weighted by Gasteiger charge is 2.27. The van der Waals surface area contributed by atoms with E-state index in [0.717, 1.165) is 11.3 Å². The first-order valence-corrected chi connectivity index (χ1v) is 7.42. The highest BCUT2D eigenvalue weighted by molar-refractivity contribution is 7.20. The van der Waals surface area contributed by atoms with Crippen LogP contribution >= 0.6 is 11.3 Å². The number of morpholine rings is 1. The minimum atomic E-state index is -0.538. The number of methoxy groups -OCH3 is 1. The number of nitrogens with zero attached hydrogens (tertiary/aromatic N) is 3. The van der Waals surface area contributed by atoms with Gasteiger partial charge in [0, 0.05) is 13.1 Å². The predicted molar refractivity (Wildman–Crippen MR) is 79.5 cm³/mol. The SMILES string of the molecule is COc1ccc2sc(C(=O)N3CCOCC3)nc2c1[N+](=O)[O-]. The van der Waals surface area contributed by atoms with Crippen molar-refractivity contribution in [3.63, 3.8) is 0 Å². The lowest BCUT2D eigenvalue weighted by Crippen LogP contribution is -2.40. The maximum absolute atomic E-state index is 12.4. The third-order valence-electron chi connectivity index (χ3n) is 3.38. The molecule has 2 heterocycles. The number of aromatic nitrogens is 1. The molecule has 0 radical (unpaired) electrons. The van der Waals surface area contributed by atoms with Gasteiger partial charge in [0.15, 0.2) is 16.3 Å². The molecule has 1 aromatic heterocycles. The summed E-state index contributed by atoms with van der Waals surface area (Å²) in [5.74, 6) is -0.0917. The highest BCUT2D eigenvalue weighted by atomic mass is 32.1. The minimum absolute atomic E-state index is 0.133. The van der Waals surface area contributed by atoms with E-state index in [1.807, 2.05) is 0 Å². The van der Waals surface area contributed by atoms with Crippen LogP contribution in [0.4, 0.5) is 5.69 Å². The molecular weight excluding hydrogens is 310 g/mol. The van der Waals surface area contributed by atoms with Gasteiger partial charge in [-0.15, -0.1) is 11.3 Å². The van der Waals surface area contributed by atoms with Crippen molar-refractivity contribution in [3.05, 3.63) is 27.3 Å². The van der Waals surface area contributed by atoms with Crippen molar-refractivity contribution < 1.29 is 19.2 Å². The Bertz CT molecular complexity index is 739. The average Bonchev–Trinajstić information content (AvgIpc) is 2.97. The van der Waals surface area contributed by atoms with Crippen LogP contribution < -0.4 is 4.74 Å². The molecule has 0 bridgehead atoms. The van der Waals surface area contributed by atoms with Crippen LogP contribution in [0.2, 0.25) is 0 Å². The van der Waals surface area contributed by atoms with Gasteiger partial charge < -0.3 is 14.4 Å². The van der Waals surface area contributed by atoms with Crippen LogP contribution in [-0.4, -0.2) is 54.1 Å². The second-order valence-corrected chi connectivity index (χ2v) is 5.67. The third-order valence-corrected chi connectivity index (χ3v) is 4.39. The lowest BCUT2D eigenvalue weighted by molar-refractivity contribution is -0.384. The molecule has 2 aromatic rings. The molecule has 0 atom stereocenters. The van der Waals surface area contributed by atoms with Gasteiger partial charge in [-0.25, -0.2) is 4.98 Å². The molecule has 1 aromatic carbocycles. The normalized spacial score (nSPS) is 15.0. The van der Waals surface area contributed by atoms with E-state index in [-0.39, 0.29) is 27.9 Å². The quantitative estimate of drug-likeness (QED) is 0.630. The Balaban J connectivity index is 2.04. The van der Waals surface area contributed by atoms with Crippen molar-refractivity contribution in [2.75, 3.05) is 33.4 Å². The summed E-state index contributed by atoms with van der Waals surface area (Å²) >= 11 is 1.15.